The van der Waals surface area contributed by atoms with Gasteiger partial charge >= 0.3 is 6.16 Å². The van der Waals surface area contributed by atoms with Gasteiger partial charge in [-0.15, -0.1) is 0 Å². The third kappa shape index (κ3) is 18.3. The van der Waals surface area contributed by atoms with Gasteiger partial charge in [-0.2, -0.15) is 5.26 Å². The molecule has 4 aliphatic heterocycles. The number of aliphatic hydroxyl groups is 3. The average molecular weight is 1330 g/mol. The fourth-order valence-corrected chi connectivity index (χ4v) is 13.6. The number of aliphatic hydroxyl groups excluding tert-OH is 3. The third-order valence-electron chi connectivity index (χ3n) is 16.6. The Labute approximate surface area is 542 Å². The number of methoxy groups -OCH3 is 1. The van der Waals surface area contributed by atoms with Crippen LogP contribution in [-0.2, 0) is 69.1 Å². The number of likely N-dealkylation sites (tertiary alicyclic amines) is 1. The first kappa shape index (κ1) is 69.0. The number of nitriles is 1. The highest BCUT2D eigenvalue weighted by atomic mass is 33.1. The molecule has 0 radical (unpaired) electrons. The van der Waals surface area contributed by atoms with E-state index < -0.39 is 104 Å². The Morgan fingerprint density at radius 2 is 1.70 bits per heavy atom. The monoisotopic (exact) mass is 1320 g/mol. The summed E-state index contributed by atoms with van der Waals surface area (Å²) < 4.78 is 49.2. The molecule has 5 aromatic rings. The van der Waals surface area contributed by atoms with Crippen LogP contribution in [0.1, 0.15) is 67.8 Å². The number of benzene rings is 2. The zero-order valence-corrected chi connectivity index (χ0v) is 52.7. The molecule has 0 saturated carbocycles. The molecule has 0 bridgehead atoms. The Balaban J connectivity index is 0.673. The molecule has 9 rings (SSSR count). The van der Waals surface area contributed by atoms with E-state index in [0.717, 1.165) is 60.6 Å². The fourth-order valence-electron chi connectivity index (χ4n) is 11.6. The molecule has 10 N–H and O–H groups in total. The van der Waals surface area contributed by atoms with E-state index in [1.165, 1.54) is 29.7 Å². The number of hydrogen-bond acceptors (Lipinski definition) is 22. The van der Waals surface area contributed by atoms with Crippen LogP contribution in [0.3, 0.4) is 0 Å². The standard InChI is InChI=1S/C63H74F2N12O14S2/c1-35-57(83)56(51(31-78)91-61(35)86)75-59(85)50(33-93-92-19-18-89-62(87)90-32-42-9-6-38(26-71-42)45-14-15-68-49-10-7-37(21-46(45)49)41-22-48(67)60(88-2)72-27-41)74-54(81)13-12-53(80)70-17-16-69-52(79)11-8-36-4-3-5-39-28-76(30-47(36)39)55(82)23-40-20-43(73-58(40)84)29-77-34-63(64,65)24-44(77)25-66/h3-7,9-10,14-15,21-22,26-27,35,40,43-44,50-51,56-57,61,78,83,86H,8,11-13,16-20,23-24,28-34,67H2,1-2H3,(H,69,79)(H,70,80)(H,73,84)(H,74,81)(H,75,85)/t35-,40-,43-,44-,50?,51-,56-,57-,61?/m0/s1. The first-order valence-electron chi connectivity index (χ1n) is 30.3. The van der Waals surface area contributed by atoms with E-state index >= 15 is 0 Å². The smallest absolute Gasteiger partial charge is 0.480 e. The van der Waals surface area contributed by atoms with Crippen molar-refractivity contribution in [3.05, 3.63) is 102 Å². The van der Waals surface area contributed by atoms with Crippen molar-refractivity contribution in [2.75, 3.05) is 63.7 Å². The molecule has 26 nitrogen and oxygen atoms in total. The lowest BCUT2D eigenvalue weighted by atomic mass is 9.90. The van der Waals surface area contributed by atoms with Crippen molar-refractivity contribution < 1.29 is 76.6 Å². The van der Waals surface area contributed by atoms with Crippen molar-refractivity contribution in [3.8, 4) is 34.2 Å². The maximum absolute atomic E-state index is 14.0. The molecule has 3 fully saturated rings. The number of nitrogens with two attached hydrogens (primary N) is 1. The number of nitrogens with one attached hydrogen (secondary N) is 5. The summed E-state index contributed by atoms with van der Waals surface area (Å²) in [6.07, 6.45) is -0.253. The SMILES string of the molecule is COc1ncc(-c2ccc3nccc(-c4ccc(COC(=O)OCCSSCC(NC(=O)CCC(=O)NCCNC(=O)CCc5cccc6c5CN(C(=O)C[C@@H]5C[C@@H](CN7CC(F)(F)C[C@H]7C#N)NC5=O)C6)C(=O)N[C@@H]5[C@@H](O)[C@H](C)C(O)O[C@H]5CO)nc4)c3c2)cc1N. The lowest BCUT2D eigenvalue weighted by molar-refractivity contribution is -0.238. The Kier molecular flexibility index (Phi) is 23.8. The van der Waals surface area contributed by atoms with Crippen LogP contribution in [0.2, 0.25) is 0 Å². The number of rotatable bonds is 28. The topological polar surface area (TPSA) is 372 Å². The van der Waals surface area contributed by atoms with Crippen LogP contribution in [0.25, 0.3) is 33.2 Å². The molecule has 93 heavy (non-hydrogen) atoms. The Morgan fingerprint density at radius 3 is 2.44 bits per heavy atom. The molecular weight excluding hydrogens is 1250 g/mol. The number of carbonyl (C=O) groups is 7. The number of amides is 6. The number of carbonyl (C=O) groups excluding carboxylic acids is 7. The third-order valence-corrected chi connectivity index (χ3v) is 19.0. The van der Waals surface area contributed by atoms with Crippen LogP contribution >= 0.6 is 21.6 Å². The van der Waals surface area contributed by atoms with Gasteiger partial charge in [0.1, 0.15) is 31.4 Å². The predicted molar refractivity (Wildman–Crippen MR) is 337 cm³/mol. The van der Waals surface area contributed by atoms with Crippen LogP contribution in [0.5, 0.6) is 5.88 Å². The number of anilines is 1. The largest absolute Gasteiger partial charge is 0.508 e. The lowest BCUT2D eigenvalue weighted by Crippen LogP contribution is -2.64. The van der Waals surface area contributed by atoms with Gasteiger partial charge in [-0.05, 0) is 71.0 Å². The molecule has 6 amide bonds. The Morgan fingerprint density at radius 1 is 0.935 bits per heavy atom. The maximum atomic E-state index is 14.0. The number of nitrogens with zero attached hydrogens (tertiary/aromatic N) is 6. The van der Waals surface area contributed by atoms with E-state index in [0.29, 0.717) is 30.2 Å². The van der Waals surface area contributed by atoms with E-state index in [1.807, 2.05) is 54.6 Å². The molecule has 7 heterocycles. The van der Waals surface area contributed by atoms with Gasteiger partial charge in [0.05, 0.1) is 55.4 Å². The zero-order chi connectivity index (χ0) is 66.3. The first-order chi connectivity index (χ1) is 44.7. The summed E-state index contributed by atoms with van der Waals surface area (Å²) in [6, 6.07) is 16.8. The number of aromatic nitrogens is 3. The molecule has 2 unspecified atom stereocenters. The van der Waals surface area contributed by atoms with Crippen molar-refractivity contribution in [3.63, 3.8) is 0 Å². The maximum Gasteiger partial charge on any atom is 0.508 e. The highest BCUT2D eigenvalue weighted by Gasteiger charge is 2.47. The summed E-state index contributed by atoms with van der Waals surface area (Å²) in [5.41, 5.74) is 13.8. The number of aryl methyl sites for hydroxylation is 1. The van der Waals surface area contributed by atoms with Crippen molar-refractivity contribution in [1.29, 1.82) is 5.26 Å². The van der Waals surface area contributed by atoms with Gasteiger partial charge in [-0.3, -0.25) is 43.6 Å². The van der Waals surface area contributed by atoms with Gasteiger partial charge in [0.25, 0.3) is 5.92 Å². The van der Waals surface area contributed by atoms with E-state index in [2.05, 4.69) is 41.5 Å². The second kappa shape index (κ2) is 32.0. The van der Waals surface area contributed by atoms with Crippen molar-refractivity contribution in [2.45, 2.75) is 120 Å². The number of fused-ring (bicyclic) bond motifs is 2. The molecule has 0 spiro atoms. The van der Waals surface area contributed by atoms with Crippen LogP contribution in [-0.4, -0.2) is 188 Å². The summed E-state index contributed by atoms with van der Waals surface area (Å²) in [5, 5.41) is 54.9. The highest BCUT2D eigenvalue weighted by molar-refractivity contribution is 8.76. The zero-order valence-electron chi connectivity index (χ0n) is 51.1. The summed E-state index contributed by atoms with van der Waals surface area (Å²) in [6.45, 7) is 0.879. The Hall–Kier alpha value is -8.31. The predicted octanol–water partition coefficient (Wildman–Crippen LogP) is 3.28. The van der Waals surface area contributed by atoms with E-state index in [4.69, 9.17) is 24.7 Å². The minimum Gasteiger partial charge on any atom is -0.480 e. The molecular formula is C63H74F2N12O14S2. The fraction of sp³-hybridized carbons (Fsp3) is 0.476. The number of halogens is 2. The van der Waals surface area contributed by atoms with E-state index in [-0.39, 0.29) is 101 Å². The van der Waals surface area contributed by atoms with E-state index in [1.54, 1.807) is 35.6 Å². The molecule has 0 aliphatic carbocycles. The molecule has 2 aromatic carbocycles. The molecule has 3 saturated heterocycles. The molecule has 3 aromatic heterocycles. The second-order valence-corrected chi connectivity index (χ2v) is 25.8. The molecule has 496 valence electrons. The summed E-state index contributed by atoms with van der Waals surface area (Å²) in [5.74, 6) is -6.67. The van der Waals surface area contributed by atoms with Crippen LogP contribution in [0.4, 0.5) is 19.3 Å². The van der Waals surface area contributed by atoms with E-state index in [9.17, 15) is 62.9 Å². The summed E-state index contributed by atoms with van der Waals surface area (Å²) in [4.78, 5) is 108. The van der Waals surface area contributed by atoms with Crippen LogP contribution in [0.15, 0.2) is 79.3 Å². The molecule has 9 atom stereocenters. The van der Waals surface area contributed by atoms with Gasteiger partial charge < -0.3 is 71.5 Å². The molecule has 30 heteroatoms. The average Bonchev–Trinajstić information content (AvgIpc) is 1.42. The van der Waals surface area contributed by atoms with Crippen molar-refractivity contribution in [2.24, 2.45) is 11.8 Å². The van der Waals surface area contributed by atoms with Gasteiger partial charge in [0.2, 0.25) is 41.3 Å². The number of ether oxygens (including phenoxy) is 4. The highest BCUT2D eigenvalue weighted by Crippen LogP contribution is 2.36. The van der Waals surface area contributed by atoms with Crippen LogP contribution < -0.4 is 37.1 Å². The number of hydrogen-bond donors (Lipinski definition) is 9. The minimum absolute atomic E-state index is 0.0334. The van der Waals surface area contributed by atoms with Crippen molar-refractivity contribution >= 4 is 79.8 Å². The minimum atomic E-state index is -2.98. The Bertz CT molecular complexity index is 3570. The number of nitrogen functional groups attached to an aromatic ring is 1. The normalized spacial score (nSPS) is 21.8. The quantitative estimate of drug-likeness (QED) is 0.0197. The number of alkyl halides is 2. The summed E-state index contributed by atoms with van der Waals surface area (Å²) in [7, 11) is 3.88. The lowest BCUT2D eigenvalue weighted by Gasteiger charge is -2.41. The van der Waals surface area contributed by atoms with Gasteiger partial charge in [0.15, 0.2) is 6.29 Å². The number of pyridine rings is 3. The van der Waals surface area contributed by atoms with Crippen molar-refractivity contribution in [1.82, 2.24) is 51.3 Å². The van der Waals surface area contributed by atoms with Crippen LogP contribution in [0, 0.1) is 23.2 Å². The van der Waals surface area contributed by atoms with Gasteiger partial charge in [-0.25, -0.2) is 18.6 Å². The second-order valence-electron chi connectivity index (χ2n) is 23.2. The molecule has 4 aliphatic rings. The van der Waals surface area contributed by atoms with Gasteiger partial charge in [0, 0.05) is 129 Å². The first-order valence-corrected chi connectivity index (χ1v) is 32.8. The summed E-state index contributed by atoms with van der Waals surface area (Å²) >= 11 is 0. The van der Waals surface area contributed by atoms with Gasteiger partial charge in [-0.1, -0.05) is 58.8 Å².